The maximum Gasteiger partial charge on any atom is 0.503 e. The molecule has 0 amide bonds. The molecule has 0 spiro atoms. The van der Waals surface area contributed by atoms with Gasteiger partial charge in [0.1, 0.15) is 0 Å². The minimum absolute atomic E-state index is 1.14. The zero-order valence-electron chi connectivity index (χ0n) is 7.84. The lowest BCUT2D eigenvalue weighted by Gasteiger charge is -1.60. The van der Waals surface area contributed by atoms with Crippen molar-refractivity contribution in [3.63, 3.8) is 0 Å². The van der Waals surface area contributed by atoms with Crippen LogP contribution in [0.15, 0.2) is 48.6 Å². The first kappa shape index (κ1) is 12.2. The average molecular weight is 194 g/mol. The van der Waals surface area contributed by atoms with Crippen LogP contribution in [-0.4, -0.2) is 16.4 Å². The van der Waals surface area contributed by atoms with Crippen molar-refractivity contribution >= 4 is 6.16 Å². The Morgan fingerprint density at radius 2 is 1.00 bits per heavy atom. The van der Waals surface area contributed by atoms with Crippen LogP contribution >= 0.6 is 0 Å². The van der Waals surface area contributed by atoms with Gasteiger partial charge in [0.05, 0.1) is 0 Å². The Kier molecular flexibility index (Phi) is 8.14. The molecule has 0 unspecified atom stereocenters. The second kappa shape index (κ2) is 9.32. The van der Waals surface area contributed by atoms with Gasteiger partial charge in [0.2, 0.25) is 0 Å². The van der Waals surface area contributed by atoms with E-state index in [1.807, 2.05) is 0 Å². The highest BCUT2D eigenvalue weighted by molar-refractivity contribution is 5.53. The van der Waals surface area contributed by atoms with Crippen molar-refractivity contribution in [1.29, 1.82) is 0 Å². The van der Waals surface area contributed by atoms with E-state index < -0.39 is 6.16 Å². The summed E-state index contributed by atoms with van der Waals surface area (Å²) in [4.78, 5) is 8.56. The lowest BCUT2D eigenvalue weighted by molar-refractivity contribution is 0.137. The van der Waals surface area contributed by atoms with Crippen molar-refractivity contribution in [2.75, 3.05) is 0 Å². The van der Waals surface area contributed by atoms with E-state index in [9.17, 15) is 0 Å². The quantitative estimate of drug-likeness (QED) is 0.622. The summed E-state index contributed by atoms with van der Waals surface area (Å²) in [6.07, 6.45) is 17.2. The first-order valence-corrected chi connectivity index (χ1v) is 4.28. The number of hydrogen-bond donors (Lipinski definition) is 2. The topological polar surface area (TPSA) is 57.5 Å². The molecule has 14 heavy (non-hydrogen) atoms. The third-order valence-electron chi connectivity index (χ3n) is 1.31. The third kappa shape index (κ3) is 12.9. The van der Waals surface area contributed by atoms with E-state index >= 15 is 0 Å². The second-order valence-corrected chi connectivity index (χ2v) is 2.47. The van der Waals surface area contributed by atoms with E-state index in [0.29, 0.717) is 0 Å². The van der Waals surface area contributed by atoms with Crippen LogP contribution in [0.2, 0.25) is 0 Å². The maximum atomic E-state index is 8.56. The molecule has 76 valence electrons. The van der Waals surface area contributed by atoms with E-state index in [4.69, 9.17) is 15.0 Å². The van der Waals surface area contributed by atoms with Crippen molar-refractivity contribution < 1.29 is 15.0 Å². The van der Waals surface area contributed by atoms with Crippen LogP contribution in [-0.2, 0) is 0 Å². The second-order valence-electron chi connectivity index (χ2n) is 2.47. The Balaban J connectivity index is 0.000000183. The predicted molar refractivity (Wildman–Crippen MR) is 56.4 cm³/mol. The van der Waals surface area contributed by atoms with Crippen LogP contribution in [0.5, 0.6) is 0 Å². The Morgan fingerprint density at radius 1 is 0.786 bits per heavy atom. The van der Waals surface area contributed by atoms with Crippen LogP contribution in [0.3, 0.4) is 0 Å². The number of allylic oxidation sites excluding steroid dienone is 8. The maximum absolute atomic E-state index is 8.56. The molecule has 2 rings (SSSR count). The molecule has 0 aromatic rings. The molecule has 0 atom stereocenters. The first-order chi connectivity index (χ1) is 6.73. The Labute approximate surface area is 83.4 Å². The van der Waals surface area contributed by atoms with Crippen molar-refractivity contribution in [2.45, 2.75) is 12.8 Å². The van der Waals surface area contributed by atoms with Gasteiger partial charge in [0.25, 0.3) is 0 Å². The van der Waals surface area contributed by atoms with Crippen LogP contribution in [0.25, 0.3) is 0 Å². The zero-order chi connectivity index (χ0) is 10.6. The lowest BCUT2D eigenvalue weighted by atomic mass is 10.5. The summed E-state index contributed by atoms with van der Waals surface area (Å²) in [5.74, 6) is 0. The van der Waals surface area contributed by atoms with Crippen molar-refractivity contribution in [2.24, 2.45) is 0 Å². The van der Waals surface area contributed by atoms with Gasteiger partial charge in [0.15, 0.2) is 0 Å². The van der Waals surface area contributed by atoms with E-state index in [1.54, 1.807) is 0 Å². The minimum Gasteiger partial charge on any atom is -0.450 e. The first-order valence-electron chi connectivity index (χ1n) is 4.28. The highest BCUT2D eigenvalue weighted by Crippen LogP contribution is 1.93. The smallest absolute Gasteiger partial charge is 0.450 e. The zero-order valence-corrected chi connectivity index (χ0v) is 7.84. The molecule has 0 aromatic carbocycles. The van der Waals surface area contributed by atoms with Crippen LogP contribution in [0.4, 0.5) is 4.79 Å². The van der Waals surface area contributed by atoms with Gasteiger partial charge in [-0.1, -0.05) is 48.6 Å². The van der Waals surface area contributed by atoms with Gasteiger partial charge < -0.3 is 10.2 Å². The van der Waals surface area contributed by atoms with Gasteiger partial charge in [-0.25, -0.2) is 4.79 Å². The summed E-state index contributed by atoms with van der Waals surface area (Å²) in [7, 11) is 0. The molecular formula is C11H14O3. The predicted octanol–water partition coefficient (Wildman–Crippen LogP) is 3.23. The highest BCUT2D eigenvalue weighted by Gasteiger charge is 1.72. The molecule has 3 heteroatoms. The number of carbonyl (C=O) groups is 1. The van der Waals surface area contributed by atoms with Gasteiger partial charge in [-0.3, -0.25) is 0 Å². The van der Waals surface area contributed by atoms with Crippen molar-refractivity contribution in [1.82, 2.24) is 0 Å². The summed E-state index contributed by atoms with van der Waals surface area (Å²) >= 11 is 0. The van der Waals surface area contributed by atoms with Gasteiger partial charge in [-0.2, -0.15) is 0 Å². The van der Waals surface area contributed by atoms with Crippen LogP contribution < -0.4 is 0 Å². The standard InChI is InChI=1S/2C5H6.CH2O3/c2*1-2-4-5-3-1;2-1(3)4/h2*1-4H,5H2;(H2,2,3,4). The minimum atomic E-state index is -1.83. The Morgan fingerprint density at radius 3 is 1.07 bits per heavy atom. The van der Waals surface area contributed by atoms with Gasteiger partial charge >= 0.3 is 6.16 Å². The molecule has 0 heterocycles. The molecule has 0 fully saturated rings. The monoisotopic (exact) mass is 194 g/mol. The molecule has 2 N–H and O–H groups in total. The molecule has 0 aromatic heterocycles. The fourth-order valence-corrected chi connectivity index (χ4v) is 0.786. The van der Waals surface area contributed by atoms with E-state index in [0.717, 1.165) is 12.8 Å². The average Bonchev–Trinajstić information content (AvgIpc) is 2.83. The van der Waals surface area contributed by atoms with Crippen LogP contribution in [0, 0.1) is 0 Å². The molecule has 0 saturated carbocycles. The SMILES string of the molecule is C1=CCC=C1.C1=CCC=C1.O=C(O)O. The number of hydrogen-bond acceptors (Lipinski definition) is 1. The fraction of sp³-hybridized carbons (Fsp3) is 0.182. The molecule has 0 radical (unpaired) electrons. The highest BCUT2D eigenvalue weighted by atomic mass is 16.6. The van der Waals surface area contributed by atoms with Crippen molar-refractivity contribution in [3.8, 4) is 0 Å². The van der Waals surface area contributed by atoms with Gasteiger partial charge in [-0.05, 0) is 12.8 Å². The summed E-state index contributed by atoms with van der Waals surface area (Å²) in [6.45, 7) is 0. The van der Waals surface area contributed by atoms with E-state index in [1.165, 1.54) is 0 Å². The molecule has 0 bridgehead atoms. The normalized spacial score (nSPS) is 14.3. The Bertz CT molecular complexity index is 214. The van der Waals surface area contributed by atoms with Crippen LogP contribution in [0.1, 0.15) is 12.8 Å². The lowest BCUT2D eigenvalue weighted by Crippen LogP contribution is -1.81. The molecule has 0 saturated heterocycles. The molecule has 0 aliphatic heterocycles. The Hall–Kier alpha value is -1.77. The number of rotatable bonds is 0. The fourth-order valence-electron chi connectivity index (χ4n) is 0.786. The summed E-state index contributed by atoms with van der Waals surface area (Å²) in [5, 5.41) is 13.9. The van der Waals surface area contributed by atoms with Crippen molar-refractivity contribution in [3.05, 3.63) is 48.6 Å². The molecule has 2 aliphatic rings. The van der Waals surface area contributed by atoms with E-state index in [2.05, 4.69) is 48.6 Å². The third-order valence-corrected chi connectivity index (χ3v) is 1.31. The molecular weight excluding hydrogens is 180 g/mol. The molecule has 3 nitrogen and oxygen atoms in total. The summed E-state index contributed by atoms with van der Waals surface area (Å²) in [5.41, 5.74) is 0. The summed E-state index contributed by atoms with van der Waals surface area (Å²) in [6, 6.07) is 0. The largest absolute Gasteiger partial charge is 0.503 e. The van der Waals surface area contributed by atoms with Gasteiger partial charge in [-0.15, -0.1) is 0 Å². The van der Waals surface area contributed by atoms with Gasteiger partial charge in [0, 0.05) is 0 Å². The summed E-state index contributed by atoms with van der Waals surface area (Å²) < 4.78 is 0. The number of carboxylic acid groups (broad SMARTS) is 2. The molecule has 2 aliphatic carbocycles. The van der Waals surface area contributed by atoms with E-state index in [-0.39, 0.29) is 0 Å².